The van der Waals surface area contributed by atoms with Crippen LogP contribution in [0, 0.1) is 3.57 Å². The van der Waals surface area contributed by atoms with Gasteiger partial charge in [-0.1, -0.05) is 30.3 Å². The van der Waals surface area contributed by atoms with Crippen LogP contribution in [0.2, 0.25) is 0 Å². The number of aromatic nitrogens is 2. The monoisotopic (exact) mass is 392 g/mol. The highest BCUT2D eigenvalue weighted by molar-refractivity contribution is 14.1. The number of fused-ring (bicyclic) bond motifs is 1. The largest absolute Gasteiger partial charge is 0.478 e. The molecule has 0 aliphatic carbocycles. The van der Waals surface area contributed by atoms with Gasteiger partial charge in [-0.15, -0.1) is 0 Å². The SMILES string of the molecule is O=C(O)c1ccc2ccccc2c1Oc1ncncc1I. The third-order valence-electron chi connectivity index (χ3n) is 2.94. The topological polar surface area (TPSA) is 72.3 Å². The van der Waals surface area contributed by atoms with E-state index < -0.39 is 5.97 Å². The van der Waals surface area contributed by atoms with Crippen molar-refractivity contribution in [3.8, 4) is 11.6 Å². The molecule has 0 atom stereocenters. The van der Waals surface area contributed by atoms with Crippen LogP contribution in [0.25, 0.3) is 10.8 Å². The normalized spacial score (nSPS) is 10.5. The maximum atomic E-state index is 11.4. The summed E-state index contributed by atoms with van der Waals surface area (Å²) < 4.78 is 6.48. The first-order valence-corrected chi connectivity index (χ1v) is 7.13. The molecule has 21 heavy (non-hydrogen) atoms. The van der Waals surface area contributed by atoms with Gasteiger partial charge in [0, 0.05) is 11.6 Å². The van der Waals surface area contributed by atoms with Gasteiger partial charge in [0.15, 0.2) is 5.75 Å². The lowest BCUT2D eigenvalue weighted by Crippen LogP contribution is -2.02. The van der Waals surface area contributed by atoms with Crippen LogP contribution in [0.1, 0.15) is 10.4 Å². The molecular weight excluding hydrogens is 383 g/mol. The molecular formula is C15H9IN2O3. The van der Waals surface area contributed by atoms with Gasteiger partial charge in [-0.2, -0.15) is 0 Å². The molecule has 104 valence electrons. The van der Waals surface area contributed by atoms with Crippen LogP contribution in [0.4, 0.5) is 0 Å². The summed E-state index contributed by atoms with van der Waals surface area (Å²) in [6, 6.07) is 10.8. The number of aromatic carboxylic acids is 1. The second-order valence-corrected chi connectivity index (χ2v) is 5.41. The van der Waals surface area contributed by atoms with Crippen molar-refractivity contribution in [1.82, 2.24) is 9.97 Å². The summed E-state index contributed by atoms with van der Waals surface area (Å²) in [5.41, 5.74) is 0.100. The Morgan fingerprint density at radius 1 is 1.19 bits per heavy atom. The molecule has 0 saturated carbocycles. The standard InChI is InChI=1S/C15H9IN2O3/c16-12-7-17-8-18-14(12)21-13-10-4-2-1-3-9(10)5-6-11(13)15(19)20/h1-8H,(H,19,20). The lowest BCUT2D eigenvalue weighted by atomic mass is 10.1. The van der Waals surface area contributed by atoms with Crippen molar-refractivity contribution in [2.75, 3.05) is 0 Å². The highest BCUT2D eigenvalue weighted by Crippen LogP contribution is 2.34. The number of rotatable bonds is 3. The molecule has 0 amide bonds. The Kier molecular flexibility index (Phi) is 3.70. The van der Waals surface area contributed by atoms with Gasteiger partial charge in [0.25, 0.3) is 0 Å². The molecule has 0 unspecified atom stereocenters. The summed E-state index contributed by atoms with van der Waals surface area (Å²) in [6.45, 7) is 0. The lowest BCUT2D eigenvalue weighted by molar-refractivity contribution is 0.0694. The Balaban J connectivity index is 2.21. The summed E-state index contributed by atoms with van der Waals surface area (Å²) in [6.07, 6.45) is 2.97. The first-order chi connectivity index (χ1) is 10.2. The second kappa shape index (κ2) is 5.65. The molecule has 0 spiro atoms. The van der Waals surface area contributed by atoms with Gasteiger partial charge in [0.05, 0.1) is 3.57 Å². The Bertz CT molecular complexity index is 836. The fraction of sp³-hybridized carbons (Fsp3) is 0. The van der Waals surface area contributed by atoms with E-state index in [0.29, 0.717) is 9.45 Å². The van der Waals surface area contributed by atoms with Crippen molar-refractivity contribution < 1.29 is 14.6 Å². The van der Waals surface area contributed by atoms with Crippen molar-refractivity contribution in [2.24, 2.45) is 0 Å². The minimum Gasteiger partial charge on any atom is -0.478 e. The molecule has 1 N–H and O–H groups in total. The van der Waals surface area contributed by atoms with Crippen molar-refractivity contribution >= 4 is 39.3 Å². The molecule has 3 aromatic rings. The van der Waals surface area contributed by atoms with Gasteiger partial charge in [0.1, 0.15) is 11.9 Å². The van der Waals surface area contributed by atoms with Crippen LogP contribution >= 0.6 is 22.6 Å². The van der Waals surface area contributed by atoms with Crippen LogP contribution in [-0.2, 0) is 0 Å². The fourth-order valence-corrected chi connectivity index (χ4v) is 2.40. The van der Waals surface area contributed by atoms with Crippen LogP contribution in [-0.4, -0.2) is 21.0 Å². The van der Waals surface area contributed by atoms with Crippen molar-refractivity contribution in [3.05, 3.63) is 58.1 Å². The van der Waals surface area contributed by atoms with Gasteiger partial charge in [-0.3, -0.25) is 0 Å². The number of carboxylic acids is 1. The molecule has 0 bridgehead atoms. The summed E-state index contributed by atoms with van der Waals surface area (Å²) in [5, 5.41) is 11.0. The van der Waals surface area contributed by atoms with Gasteiger partial charge >= 0.3 is 5.97 Å². The molecule has 0 aliphatic rings. The van der Waals surface area contributed by atoms with E-state index >= 15 is 0 Å². The fourth-order valence-electron chi connectivity index (χ4n) is 1.99. The number of halogens is 1. The quantitative estimate of drug-likeness (QED) is 0.688. The number of benzene rings is 2. The molecule has 0 fully saturated rings. The van der Waals surface area contributed by atoms with Crippen molar-refractivity contribution in [3.63, 3.8) is 0 Å². The number of ether oxygens (including phenoxy) is 1. The zero-order chi connectivity index (χ0) is 14.8. The van der Waals surface area contributed by atoms with E-state index in [1.54, 1.807) is 12.3 Å². The smallest absolute Gasteiger partial charge is 0.339 e. The Hall–Kier alpha value is -2.22. The first kappa shape index (κ1) is 13.7. The van der Waals surface area contributed by atoms with E-state index in [9.17, 15) is 9.90 Å². The number of hydrogen-bond donors (Lipinski definition) is 1. The minimum absolute atomic E-state index is 0.100. The van der Waals surface area contributed by atoms with Gasteiger partial charge in [0.2, 0.25) is 5.88 Å². The molecule has 0 radical (unpaired) electrons. The maximum absolute atomic E-state index is 11.4. The molecule has 6 heteroatoms. The summed E-state index contributed by atoms with van der Waals surface area (Å²) >= 11 is 2.04. The summed E-state index contributed by atoms with van der Waals surface area (Å²) in [7, 11) is 0. The average Bonchev–Trinajstić information content (AvgIpc) is 2.49. The molecule has 1 aromatic heterocycles. The van der Waals surface area contributed by atoms with Gasteiger partial charge in [-0.05, 0) is 34.0 Å². The Morgan fingerprint density at radius 2 is 2.00 bits per heavy atom. The predicted molar refractivity (Wildman–Crippen MR) is 85.7 cm³/mol. The van der Waals surface area contributed by atoms with E-state index in [1.165, 1.54) is 12.4 Å². The highest BCUT2D eigenvalue weighted by atomic mass is 127. The van der Waals surface area contributed by atoms with Crippen LogP contribution < -0.4 is 4.74 Å². The second-order valence-electron chi connectivity index (χ2n) is 4.25. The summed E-state index contributed by atoms with van der Waals surface area (Å²) in [4.78, 5) is 19.4. The molecule has 1 heterocycles. The van der Waals surface area contributed by atoms with Gasteiger partial charge < -0.3 is 9.84 Å². The predicted octanol–water partition coefficient (Wildman–Crippen LogP) is 3.72. The Labute approximate surface area is 133 Å². The van der Waals surface area contributed by atoms with E-state index in [0.717, 1.165) is 10.8 Å². The number of hydrogen-bond acceptors (Lipinski definition) is 4. The zero-order valence-corrected chi connectivity index (χ0v) is 12.8. The summed E-state index contributed by atoms with van der Waals surface area (Å²) in [5.74, 6) is -0.415. The molecule has 2 aromatic carbocycles. The van der Waals surface area contributed by atoms with Crippen molar-refractivity contribution in [2.45, 2.75) is 0 Å². The number of nitrogens with zero attached hydrogens (tertiary/aromatic N) is 2. The van der Waals surface area contributed by atoms with Crippen LogP contribution in [0.15, 0.2) is 48.9 Å². The third kappa shape index (κ3) is 2.66. The first-order valence-electron chi connectivity index (χ1n) is 6.05. The zero-order valence-electron chi connectivity index (χ0n) is 10.7. The number of carbonyl (C=O) groups is 1. The van der Waals surface area contributed by atoms with Gasteiger partial charge in [-0.25, -0.2) is 14.8 Å². The van der Waals surface area contributed by atoms with E-state index in [4.69, 9.17) is 4.74 Å². The van der Waals surface area contributed by atoms with Crippen LogP contribution in [0.3, 0.4) is 0 Å². The Morgan fingerprint density at radius 3 is 2.76 bits per heavy atom. The van der Waals surface area contributed by atoms with Crippen molar-refractivity contribution in [1.29, 1.82) is 0 Å². The van der Waals surface area contributed by atoms with E-state index in [-0.39, 0.29) is 11.3 Å². The van der Waals surface area contributed by atoms with E-state index in [1.807, 2.05) is 46.9 Å². The highest BCUT2D eigenvalue weighted by Gasteiger charge is 2.17. The maximum Gasteiger partial charge on any atom is 0.339 e. The molecule has 5 nitrogen and oxygen atoms in total. The third-order valence-corrected chi connectivity index (χ3v) is 3.68. The minimum atomic E-state index is -1.04. The molecule has 0 saturated heterocycles. The van der Waals surface area contributed by atoms with E-state index in [2.05, 4.69) is 9.97 Å². The number of carboxylic acid groups (broad SMARTS) is 1. The van der Waals surface area contributed by atoms with Crippen LogP contribution in [0.5, 0.6) is 11.6 Å². The lowest BCUT2D eigenvalue weighted by Gasteiger charge is -2.12. The molecule has 0 aliphatic heterocycles. The molecule has 3 rings (SSSR count). The average molecular weight is 392 g/mol.